The van der Waals surface area contributed by atoms with Gasteiger partial charge in [-0.05, 0) is 101 Å². The Morgan fingerprint density at radius 2 is 0.825 bits per heavy atom. The minimum absolute atomic E-state index is 0.0895. The molecule has 0 aliphatic rings. The molecule has 6 heteroatoms. The Morgan fingerprint density at radius 3 is 1.33 bits per heavy atom. The average Bonchev–Trinajstić information content (AvgIpc) is 3.21. The van der Waals surface area contributed by atoms with Crippen molar-refractivity contribution in [2.24, 2.45) is 0 Å². The van der Waals surface area contributed by atoms with E-state index in [1.54, 1.807) is 19.2 Å². The van der Waals surface area contributed by atoms with Gasteiger partial charge in [0.15, 0.2) is 23.1 Å². The molecule has 0 spiro atoms. The number of anilines is 1. The van der Waals surface area contributed by atoms with Crippen molar-refractivity contribution in [3.63, 3.8) is 0 Å². The molecule has 0 aromatic heterocycles. The number of nitrogens with two attached hydrogens (primary N) is 1. The second-order valence-corrected chi connectivity index (χ2v) is 20.3. The van der Waals surface area contributed by atoms with Crippen LogP contribution < -0.4 is 10.5 Å². The topological polar surface area (TPSA) is 75.7 Å². The van der Waals surface area contributed by atoms with Gasteiger partial charge < -0.3 is 20.7 Å². The Hall–Kier alpha value is -6.14. The highest BCUT2D eigenvalue weighted by atomic mass is 19.1. The first-order valence-corrected chi connectivity index (χ1v) is 21.5. The van der Waals surface area contributed by atoms with Crippen molar-refractivity contribution < 1.29 is 23.7 Å². The lowest BCUT2D eigenvalue weighted by molar-refractivity contribution is 0.399. The van der Waals surface area contributed by atoms with Crippen LogP contribution in [0, 0.1) is 11.6 Å². The average molecular weight is 850 g/mol. The summed E-state index contributed by atoms with van der Waals surface area (Å²) < 4.78 is 33.2. The smallest absolute Gasteiger partial charge is 0.172 e. The summed E-state index contributed by atoms with van der Waals surface area (Å²) in [5.41, 5.74) is 10.7. The maximum atomic E-state index is 14.0. The number of rotatable bonds is 1. The highest BCUT2D eigenvalue weighted by Gasteiger charge is 2.25. The molecule has 8 aromatic rings. The van der Waals surface area contributed by atoms with Crippen LogP contribution in [-0.4, -0.2) is 17.3 Å². The molecule has 0 saturated heterocycles. The van der Waals surface area contributed by atoms with Gasteiger partial charge in [-0.1, -0.05) is 186 Å². The van der Waals surface area contributed by atoms with E-state index in [4.69, 9.17) is 10.5 Å². The number of phenols is 2. The van der Waals surface area contributed by atoms with Crippen LogP contribution in [0.15, 0.2) is 133 Å². The van der Waals surface area contributed by atoms with Crippen LogP contribution in [0.3, 0.4) is 0 Å². The van der Waals surface area contributed by atoms with Crippen molar-refractivity contribution in [2.75, 3.05) is 12.8 Å². The fraction of sp³-hybridized carbons (Fsp3) is 0.298. The molecule has 4 nitrogen and oxygen atoms in total. The van der Waals surface area contributed by atoms with Crippen molar-refractivity contribution in [1.82, 2.24) is 0 Å². The summed E-state index contributed by atoms with van der Waals surface area (Å²) in [6.07, 6.45) is 0. The molecule has 4 N–H and O–H groups in total. The summed E-state index contributed by atoms with van der Waals surface area (Å²) in [5, 5.41) is 27.3. The highest BCUT2D eigenvalue weighted by Crippen LogP contribution is 2.39. The van der Waals surface area contributed by atoms with E-state index >= 15 is 0 Å². The number of benzene rings is 8. The number of hydrogen-bond acceptors (Lipinski definition) is 4. The van der Waals surface area contributed by atoms with Gasteiger partial charge in [0, 0.05) is 22.2 Å². The molecule has 0 amide bonds. The lowest BCUT2D eigenvalue weighted by Gasteiger charge is -2.24. The largest absolute Gasteiger partial charge is 0.505 e. The van der Waals surface area contributed by atoms with Crippen LogP contribution in [0.25, 0.3) is 43.1 Å². The van der Waals surface area contributed by atoms with E-state index in [-0.39, 0.29) is 33.2 Å². The number of halogens is 2. The Labute approximate surface area is 373 Å². The summed E-state index contributed by atoms with van der Waals surface area (Å²) in [7, 11) is 1.74. The van der Waals surface area contributed by atoms with E-state index < -0.39 is 11.6 Å². The molecule has 330 valence electrons. The Morgan fingerprint density at radius 1 is 0.413 bits per heavy atom. The number of methoxy groups -OCH3 is 1. The van der Waals surface area contributed by atoms with Crippen molar-refractivity contribution in [2.45, 2.75) is 105 Å². The number of aromatic hydroxyl groups is 2. The number of hydrogen-bond donors (Lipinski definition) is 3. The molecular weight excluding hydrogens is 785 g/mol. The standard InChI is InChI=1S/C15H18O.2C14H15FO.C14H17N/c1-15(2,3)14-12-8-6-5-7-11(12)9-10-13(14)16-4;1-14(2,3)11-8-12(16)13(15)10-7-5-4-6-9(10)11;1-14(2,3)12-10-7-5-4-6-9(10)8-11(16)13(12)15;1-14(2,3)13-9-11(15)8-10-6-4-5-7-12(10)13/h5-10H,1-4H3;2*4-8,16H,1-3H3;4-9H,15H2,1-3H3. The monoisotopic (exact) mass is 849 g/mol. The summed E-state index contributed by atoms with van der Waals surface area (Å²) in [4.78, 5) is 0. The number of nitrogen functional groups attached to an aromatic ring is 1. The van der Waals surface area contributed by atoms with E-state index in [2.05, 4.69) is 102 Å². The first-order chi connectivity index (χ1) is 29.3. The van der Waals surface area contributed by atoms with Gasteiger partial charge in [0.2, 0.25) is 0 Å². The maximum absolute atomic E-state index is 14.0. The zero-order valence-electron chi connectivity index (χ0n) is 39.3. The van der Waals surface area contributed by atoms with Gasteiger partial charge >= 0.3 is 0 Å². The summed E-state index contributed by atoms with van der Waals surface area (Å²) in [6, 6.07) is 42.9. The van der Waals surface area contributed by atoms with Crippen LogP contribution >= 0.6 is 0 Å². The zero-order chi connectivity index (χ0) is 46.7. The minimum Gasteiger partial charge on any atom is -0.505 e. The maximum Gasteiger partial charge on any atom is 0.172 e. The summed E-state index contributed by atoms with van der Waals surface area (Å²) in [5.74, 6) is -0.617. The first-order valence-electron chi connectivity index (χ1n) is 21.5. The summed E-state index contributed by atoms with van der Waals surface area (Å²) >= 11 is 0. The van der Waals surface area contributed by atoms with E-state index in [1.807, 2.05) is 90.1 Å². The van der Waals surface area contributed by atoms with Crippen LogP contribution in [0.1, 0.15) is 105 Å². The predicted molar refractivity (Wildman–Crippen MR) is 265 cm³/mol. The van der Waals surface area contributed by atoms with Crippen LogP contribution in [0.2, 0.25) is 0 Å². The molecule has 0 radical (unpaired) electrons. The van der Waals surface area contributed by atoms with Gasteiger partial charge in [-0.3, -0.25) is 0 Å². The second-order valence-electron chi connectivity index (χ2n) is 20.3. The Bertz CT molecular complexity index is 2860. The molecular formula is C57H65F2NO3. The highest BCUT2D eigenvalue weighted by molar-refractivity contribution is 5.91. The molecule has 0 fully saturated rings. The van der Waals surface area contributed by atoms with Crippen LogP contribution in [0.4, 0.5) is 14.5 Å². The molecule has 0 saturated carbocycles. The predicted octanol–water partition coefficient (Wildman–Crippen LogP) is 15.8. The lowest BCUT2D eigenvalue weighted by atomic mass is 9.83. The molecule has 0 aliphatic carbocycles. The molecule has 0 heterocycles. The fourth-order valence-corrected chi connectivity index (χ4v) is 8.14. The Balaban J connectivity index is 0.000000158. The van der Waals surface area contributed by atoms with Gasteiger partial charge in [0.05, 0.1) is 7.11 Å². The fourth-order valence-electron chi connectivity index (χ4n) is 8.14. The molecule has 0 atom stereocenters. The SMILES string of the molecule is CC(C)(C)c1c(F)c(O)cc2ccccc12.CC(C)(C)c1cc(N)cc2ccccc12.CC(C)(C)c1cc(O)c(F)c2ccccc12.COc1ccc2ccccc2c1C(C)(C)C. The van der Waals surface area contributed by atoms with E-state index in [0.717, 1.165) is 33.2 Å². The van der Waals surface area contributed by atoms with Gasteiger partial charge in [-0.2, -0.15) is 0 Å². The molecule has 8 rings (SSSR count). The lowest BCUT2D eigenvalue weighted by Crippen LogP contribution is -2.14. The number of phenolic OH excluding ortho intramolecular Hbond substituents is 2. The summed E-state index contributed by atoms with van der Waals surface area (Å²) in [6.45, 7) is 25.3. The normalized spacial score (nSPS) is 11.9. The van der Waals surface area contributed by atoms with Gasteiger partial charge in [0.1, 0.15) is 5.75 Å². The third-order valence-corrected chi connectivity index (χ3v) is 11.0. The second kappa shape index (κ2) is 18.7. The number of fused-ring (bicyclic) bond motifs is 4. The van der Waals surface area contributed by atoms with Gasteiger partial charge in [-0.25, -0.2) is 8.78 Å². The zero-order valence-corrected chi connectivity index (χ0v) is 39.3. The third-order valence-electron chi connectivity index (χ3n) is 11.0. The van der Waals surface area contributed by atoms with Gasteiger partial charge in [0.25, 0.3) is 0 Å². The van der Waals surface area contributed by atoms with E-state index in [9.17, 15) is 19.0 Å². The Kier molecular flexibility index (Phi) is 14.2. The number of ether oxygens (including phenoxy) is 1. The molecule has 0 bridgehead atoms. The van der Waals surface area contributed by atoms with E-state index in [0.29, 0.717) is 10.9 Å². The minimum atomic E-state index is -0.538. The molecule has 0 unspecified atom stereocenters. The van der Waals surface area contributed by atoms with E-state index in [1.165, 1.54) is 44.8 Å². The van der Waals surface area contributed by atoms with Crippen molar-refractivity contribution in [1.29, 1.82) is 0 Å². The quantitative estimate of drug-likeness (QED) is 0.144. The molecule has 0 aliphatic heterocycles. The first kappa shape index (κ1) is 47.9. The van der Waals surface area contributed by atoms with Crippen LogP contribution in [-0.2, 0) is 21.7 Å². The molecule has 63 heavy (non-hydrogen) atoms. The van der Waals surface area contributed by atoms with Crippen molar-refractivity contribution in [3.8, 4) is 17.2 Å². The molecule has 8 aromatic carbocycles. The third kappa shape index (κ3) is 11.1. The van der Waals surface area contributed by atoms with Crippen molar-refractivity contribution in [3.05, 3.63) is 167 Å². The van der Waals surface area contributed by atoms with Crippen molar-refractivity contribution >= 4 is 48.8 Å². The van der Waals surface area contributed by atoms with Gasteiger partial charge in [-0.15, -0.1) is 0 Å². The van der Waals surface area contributed by atoms with Crippen LogP contribution in [0.5, 0.6) is 17.2 Å².